The van der Waals surface area contributed by atoms with Crippen molar-refractivity contribution in [2.75, 3.05) is 20.3 Å². The van der Waals surface area contributed by atoms with Gasteiger partial charge < -0.3 is 14.2 Å². The first-order valence-corrected chi connectivity index (χ1v) is 8.79. The van der Waals surface area contributed by atoms with Crippen molar-refractivity contribution in [2.24, 2.45) is 0 Å². The van der Waals surface area contributed by atoms with Gasteiger partial charge in [0.15, 0.2) is 0 Å². The highest BCUT2D eigenvalue weighted by Gasteiger charge is 2.21. The van der Waals surface area contributed by atoms with Gasteiger partial charge >= 0.3 is 11.9 Å². The molecule has 0 amide bonds. The average Bonchev–Trinajstić information content (AvgIpc) is 2.63. The Morgan fingerprint density at radius 1 is 0.920 bits per heavy atom. The van der Waals surface area contributed by atoms with Crippen molar-refractivity contribution in [1.29, 1.82) is 0 Å². The molecule has 138 valence electrons. The smallest absolute Gasteiger partial charge is 0.345 e. The SMILES string of the molecule is CCCCOC(=O)C(=CCc1ccc(OC)cc1)C(=O)OCCCC. The Morgan fingerprint density at radius 3 is 1.88 bits per heavy atom. The molecule has 1 rings (SSSR count). The van der Waals surface area contributed by atoms with Crippen molar-refractivity contribution in [1.82, 2.24) is 0 Å². The normalized spacial score (nSPS) is 10.0. The van der Waals surface area contributed by atoms with Crippen LogP contribution in [0, 0.1) is 0 Å². The number of hydrogen-bond acceptors (Lipinski definition) is 5. The molecule has 0 fully saturated rings. The van der Waals surface area contributed by atoms with E-state index in [0.717, 1.165) is 37.0 Å². The van der Waals surface area contributed by atoms with Crippen molar-refractivity contribution in [3.63, 3.8) is 0 Å². The van der Waals surface area contributed by atoms with Crippen LogP contribution in [0.25, 0.3) is 0 Å². The van der Waals surface area contributed by atoms with Gasteiger partial charge in [-0.2, -0.15) is 0 Å². The number of carbonyl (C=O) groups is 2. The number of rotatable bonds is 11. The van der Waals surface area contributed by atoms with Crippen molar-refractivity contribution in [3.05, 3.63) is 41.5 Å². The molecule has 1 aromatic rings. The van der Waals surface area contributed by atoms with E-state index in [1.54, 1.807) is 13.2 Å². The Labute approximate surface area is 150 Å². The molecule has 25 heavy (non-hydrogen) atoms. The van der Waals surface area contributed by atoms with Crippen LogP contribution in [-0.2, 0) is 25.5 Å². The summed E-state index contributed by atoms with van der Waals surface area (Å²) in [6.45, 7) is 4.62. The third kappa shape index (κ3) is 7.88. The molecule has 0 saturated heterocycles. The van der Waals surface area contributed by atoms with E-state index in [2.05, 4.69) is 0 Å². The van der Waals surface area contributed by atoms with E-state index in [-0.39, 0.29) is 5.57 Å². The highest BCUT2D eigenvalue weighted by Crippen LogP contribution is 2.13. The molecule has 0 aliphatic heterocycles. The first kappa shape index (κ1) is 20.7. The highest BCUT2D eigenvalue weighted by molar-refractivity contribution is 6.14. The second-order valence-electron chi connectivity index (χ2n) is 5.65. The van der Waals surface area contributed by atoms with E-state index in [1.807, 2.05) is 38.1 Å². The monoisotopic (exact) mass is 348 g/mol. The van der Waals surface area contributed by atoms with Gasteiger partial charge in [0, 0.05) is 0 Å². The zero-order valence-corrected chi connectivity index (χ0v) is 15.4. The van der Waals surface area contributed by atoms with Crippen LogP contribution in [0.4, 0.5) is 0 Å². The molecule has 5 heteroatoms. The average molecular weight is 348 g/mol. The fourth-order valence-corrected chi connectivity index (χ4v) is 2.01. The quantitative estimate of drug-likeness (QED) is 0.200. The minimum atomic E-state index is -0.622. The van der Waals surface area contributed by atoms with Crippen LogP contribution in [-0.4, -0.2) is 32.3 Å². The van der Waals surface area contributed by atoms with Crippen LogP contribution < -0.4 is 4.74 Å². The Bertz CT molecular complexity index is 536. The number of allylic oxidation sites excluding steroid dienone is 1. The van der Waals surface area contributed by atoms with Crippen LogP contribution in [0.1, 0.15) is 45.1 Å². The van der Waals surface area contributed by atoms with Crippen molar-refractivity contribution in [3.8, 4) is 5.75 Å². The number of methoxy groups -OCH3 is 1. The van der Waals surface area contributed by atoms with Gasteiger partial charge in [0.25, 0.3) is 0 Å². The molecule has 0 radical (unpaired) electrons. The van der Waals surface area contributed by atoms with E-state index in [1.165, 1.54) is 0 Å². The van der Waals surface area contributed by atoms with Crippen molar-refractivity contribution in [2.45, 2.75) is 46.0 Å². The molecular weight excluding hydrogens is 320 g/mol. The van der Waals surface area contributed by atoms with Gasteiger partial charge in [-0.25, -0.2) is 9.59 Å². The minimum absolute atomic E-state index is 0.0389. The molecule has 0 heterocycles. The summed E-state index contributed by atoms with van der Waals surface area (Å²) in [7, 11) is 1.60. The molecule has 0 saturated carbocycles. The highest BCUT2D eigenvalue weighted by atomic mass is 16.6. The van der Waals surface area contributed by atoms with Crippen LogP contribution in [0.5, 0.6) is 5.75 Å². The molecule has 1 aromatic carbocycles. The fraction of sp³-hybridized carbons (Fsp3) is 0.500. The van der Waals surface area contributed by atoms with Crippen LogP contribution in [0.3, 0.4) is 0 Å². The van der Waals surface area contributed by atoms with Crippen LogP contribution in [0.2, 0.25) is 0 Å². The van der Waals surface area contributed by atoms with Crippen LogP contribution >= 0.6 is 0 Å². The summed E-state index contributed by atoms with van der Waals surface area (Å²) < 4.78 is 15.5. The van der Waals surface area contributed by atoms with Gasteiger partial charge in [0.05, 0.1) is 20.3 Å². The summed E-state index contributed by atoms with van der Waals surface area (Å²) in [6, 6.07) is 7.44. The molecule has 0 aliphatic carbocycles. The Balaban J connectivity index is 2.79. The zero-order valence-electron chi connectivity index (χ0n) is 15.4. The zero-order chi connectivity index (χ0) is 18.5. The summed E-state index contributed by atoms with van der Waals surface area (Å²) in [5.74, 6) is -0.488. The fourth-order valence-electron chi connectivity index (χ4n) is 2.01. The van der Waals surface area contributed by atoms with E-state index in [0.29, 0.717) is 19.6 Å². The first-order chi connectivity index (χ1) is 12.1. The summed E-state index contributed by atoms with van der Waals surface area (Å²) in [4.78, 5) is 24.4. The van der Waals surface area contributed by atoms with E-state index in [9.17, 15) is 9.59 Å². The lowest BCUT2D eigenvalue weighted by molar-refractivity contribution is -0.147. The molecule has 5 nitrogen and oxygen atoms in total. The molecule has 0 spiro atoms. The predicted octanol–water partition coefficient (Wildman–Crippen LogP) is 3.85. The van der Waals surface area contributed by atoms with Gasteiger partial charge in [-0.3, -0.25) is 0 Å². The van der Waals surface area contributed by atoms with Gasteiger partial charge in [-0.05, 0) is 37.0 Å². The topological polar surface area (TPSA) is 61.8 Å². The van der Waals surface area contributed by atoms with E-state index in [4.69, 9.17) is 14.2 Å². The molecule has 0 unspecified atom stereocenters. The standard InChI is InChI=1S/C20H28O5/c1-4-6-14-24-19(21)18(20(22)25-15-7-5-2)13-10-16-8-11-17(23-3)12-9-16/h8-9,11-13H,4-7,10,14-15H2,1-3H3. The maximum absolute atomic E-state index is 12.2. The van der Waals surface area contributed by atoms with E-state index >= 15 is 0 Å². The molecule has 0 bridgehead atoms. The van der Waals surface area contributed by atoms with Crippen LogP contribution in [0.15, 0.2) is 35.9 Å². The van der Waals surface area contributed by atoms with Gasteiger partial charge in [-0.15, -0.1) is 0 Å². The molecule has 0 aromatic heterocycles. The Hall–Kier alpha value is -2.30. The molecular formula is C20H28O5. The second-order valence-corrected chi connectivity index (χ2v) is 5.65. The maximum atomic E-state index is 12.2. The second kappa shape index (κ2) is 12.1. The number of hydrogen-bond donors (Lipinski definition) is 0. The number of ether oxygens (including phenoxy) is 3. The summed E-state index contributed by atoms with van der Waals surface area (Å²) in [5, 5.41) is 0. The van der Waals surface area contributed by atoms with Crippen molar-refractivity contribution >= 4 is 11.9 Å². The number of esters is 2. The largest absolute Gasteiger partial charge is 0.497 e. The summed E-state index contributed by atoms with van der Waals surface area (Å²) >= 11 is 0. The lowest BCUT2D eigenvalue weighted by atomic mass is 10.1. The number of carbonyl (C=O) groups excluding carboxylic acids is 2. The van der Waals surface area contributed by atoms with Gasteiger partial charge in [-0.1, -0.05) is 44.9 Å². The third-order valence-electron chi connectivity index (χ3n) is 3.60. The Kier molecular flexibility index (Phi) is 10.1. The Morgan fingerprint density at radius 2 is 1.44 bits per heavy atom. The van der Waals surface area contributed by atoms with Gasteiger partial charge in [0.2, 0.25) is 0 Å². The number of benzene rings is 1. The lowest BCUT2D eigenvalue weighted by Gasteiger charge is -2.09. The lowest BCUT2D eigenvalue weighted by Crippen LogP contribution is -2.19. The predicted molar refractivity (Wildman–Crippen MR) is 96.5 cm³/mol. The summed E-state index contributed by atoms with van der Waals surface area (Å²) in [6.07, 6.45) is 5.37. The summed E-state index contributed by atoms with van der Waals surface area (Å²) in [5.41, 5.74) is 0.920. The maximum Gasteiger partial charge on any atom is 0.345 e. The number of unbranched alkanes of at least 4 members (excludes halogenated alkanes) is 2. The molecule has 0 N–H and O–H groups in total. The molecule has 0 atom stereocenters. The van der Waals surface area contributed by atoms with Crippen molar-refractivity contribution < 1.29 is 23.8 Å². The molecule has 0 aliphatic rings. The van der Waals surface area contributed by atoms with E-state index < -0.39 is 11.9 Å². The minimum Gasteiger partial charge on any atom is -0.497 e. The first-order valence-electron chi connectivity index (χ1n) is 8.79. The van der Waals surface area contributed by atoms with Gasteiger partial charge in [0.1, 0.15) is 11.3 Å². The third-order valence-corrected chi connectivity index (χ3v) is 3.60.